The Hall–Kier alpha value is -11.5. The largest absolute Gasteiger partial charge is 0.310 e. The molecule has 18 rings (SSSR count). The van der Waals surface area contributed by atoms with Crippen molar-refractivity contribution in [3.63, 3.8) is 0 Å². The lowest BCUT2D eigenvalue weighted by molar-refractivity contribution is 0.596. The van der Waals surface area contributed by atoms with E-state index in [2.05, 4.69) is 355 Å². The zero-order chi connectivity index (χ0) is 62.4. The Morgan fingerprint density at radius 3 is 1.34 bits per heavy atom. The van der Waals surface area contributed by atoms with Crippen molar-refractivity contribution >= 4 is 60.7 Å². The summed E-state index contributed by atoms with van der Waals surface area (Å²) in [6.45, 7) is 4.62. The third-order valence-electron chi connectivity index (χ3n) is 20.7. The summed E-state index contributed by atoms with van der Waals surface area (Å²) in [6.07, 6.45) is 3.58. The van der Waals surface area contributed by atoms with Gasteiger partial charge >= 0.3 is 0 Å². The first-order valence-electron chi connectivity index (χ1n) is 33.4. The molecule has 2 aliphatic carbocycles. The second-order valence-corrected chi connectivity index (χ2v) is 25.7. The summed E-state index contributed by atoms with van der Waals surface area (Å²) in [5.74, 6) is 0.594. The van der Waals surface area contributed by atoms with Crippen LogP contribution in [-0.2, 0) is 5.41 Å². The van der Waals surface area contributed by atoms with Crippen molar-refractivity contribution < 1.29 is 0 Å². The number of fused-ring (bicyclic) bond motifs is 16. The van der Waals surface area contributed by atoms with Gasteiger partial charge in [-0.3, -0.25) is 0 Å². The predicted octanol–water partition coefficient (Wildman–Crippen LogP) is 24.7. The highest BCUT2D eigenvalue weighted by molar-refractivity contribution is 6.12. The van der Waals surface area contributed by atoms with Gasteiger partial charge in [0.2, 0.25) is 0 Å². The standard InChI is InChI=1S/C91H67N3/c1-3-20-60(4-2)62-35-37-64(38-36-62)68-43-51-77-75-27-11-15-31-83(75)91(85(77)57-68)84-32-16-12-28-76(84)78-52-44-69(58-86(78)91)66-23-19-26-73(55-66)94-88-34-18-14-30-80(88)82-56-67(45-54-89(82)94)65-41-48-72(49-42-65)92(71-46-39-63(40-47-71)61-21-7-5-8-22-61)74-50-53-81-79-29-13-17-33-87(79)93(90(81)59-74)70-24-9-6-10-25-70/h5-19,21-60H,3-4,20H2,1-2H3. The minimum absolute atomic E-state index is 0.490. The van der Waals surface area contributed by atoms with E-state index >= 15 is 0 Å². The lowest BCUT2D eigenvalue weighted by Crippen LogP contribution is -2.26. The Morgan fingerprint density at radius 1 is 0.287 bits per heavy atom. The molecular formula is C91H67N3. The van der Waals surface area contributed by atoms with Crippen LogP contribution >= 0.6 is 0 Å². The Morgan fingerprint density at radius 2 is 0.713 bits per heavy atom. The second kappa shape index (κ2) is 22.4. The van der Waals surface area contributed by atoms with E-state index in [1.807, 2.05) is 0 Å². The van der Waals surface area contributed by atoms with Crippen molar-refractivity contribution in [2.75, 3.05) is 4.90 Å². The van der Waals surface area contributed by atoms with E-state index in [0.717, 1.165) is 45.9 Å². The van der Waals surface area contributed by atoms with Gasteiger partial charge < -0.3 is 14.0 Å². The lowest BCUT2D eigenvalue weighted by atomic mass is 9.70. The normalized spacial score (nSPS) is 14.0. The average molecular weight is 1200 g/mol. The van der Waals surface area contributed by atoms with Gasteiger partial charge in [-0.25, -0.2) is 0 Å². The van der Waals surface area contributed by atoms with Gasteiger partial charge in [0.1, 0.15) is 0 Å². The maximum atomic E-state index is 2.52. The van der Waals surface area contributed by atoms with Gasteiger partial charge in [-0.05, 0) is 210 Å². The Bertz CT molecular complexity index is 5580. The molecule has 1 spiro atoms. The number of rotatable bonds is 13. The molecule has 2 unspecified atom stereocenters. The summed E-state index contributed by atoms with van der Waals surface area (Å²) in [5.41, 5.74) is 31.4. The molecule has 0 saturated heterocycles. The second-order valence-electron chi connectivity index (χ2n) is 25.7. The molecular weight excluding hydrogens is 1140 g/mol. The van der Waals surface area contributed by atoms with E-state index in [1.54, 1.807) is 0 Å². The minimum atomic E-state index is -0.490. The molecule has 2 aliphatic rings. The highest BCUT2D eigenvalue weighted by Crippen LogP contribution is 2.63. The van der Waals surface area contributed by atoms with Crippen LogP contribution in [0.4, 0.5) is 17.1 Å². The Kier molecular flexibility index (Phi) is 13.2. The Balaban J connectivity index is 0.714. The van der Waals surface area contributed by atoms with Crippen molar-refractivity contribution in [2.24, 2.45) is 0 Å². The molecule has 0 saturated carbocycles. The fraction of sp³-hybridized carbons (Fsp3) is 0.0769. The molecule has 0 fully saturated rings. The van der Waals surface area contributed by atoms with Crippen LogP contribution in [0.1, 0.15) is 66.8 Å². The van der Waals surface area contributed by atoms with Crippen molar-refractivity contribution in [3.8, 4) is 78.1 Å². The van der Waals surface area contributed by atoms with Crippen LogP contribution in [0, 0.1) is 0 Å². The molecule has 0 N–H and O–H groups in total. The molecule has 3 heteroatoms. The number of nitrogens with zero attached hydrogens (tertiary/aromatic N) is 3. The summed E-state index contributed by atoms with van der Waals surface area (Å²) in [5, 5.41) is 4.91. The highest BCUT2D eigenvalue weighted by atomic mass is 15.1. The number of benzene rings is 14. The van der Waals surface area contributed by atoms with Crippen LogP contribution in [-0.4, -0.2) is 9.13 Å². The molecule has 0 aliphatic heterocycles. The van der Waals surface area contributed by atoms with Crippen LogP contribution < -0.4 is 4.90 Å². The van der Waals surface area contributed by atoms with E-state index in [-0.39, 0.29) is 0 Å². The predicted molar refractivity (Wildman–Crippen MR) is 396 cm³/mol. The van der Waals surface area contributed by atoms with Crippen molar-refractivity contribution in [1.29, 1.82) is 0 Å². The van der Waals surface area contributed by atoms with Gasteiger partial charge in [-0.1, -0.05) is 251 Å². The van der Waals surface area contributed by atoms with E-state index in [4.69, 9.17) is 0 Å². The number of hydrogen-bond donors (Lipinski definition) is 0. The van der Waals surface area contributed by atoms with Gasteiger partial charge in [0.25, 0.3) is 0 Å². The van der Waals surface area contributed by atoms with Gasteiger partial charge in [0.05, 0.1) is 27.5 Å². The van der Waals surface area contributed by atoms with Crippen molar-refractivity contribution in [2.45, 2.75) is 44.4 Å². The van der Waals surface area contributed by atoms with Gasteiger partial charge in [0, 0.05) is 50.0 Å². The third-order valence-corrected chi connectivity index (χ3v) is 20.7. The fourth-order valence-electron chi connectivity index (χ4n) is 16.3. The summed E-state index contributed by atoms with van der Waals surface area (Å²) >= 11 is 0. The quantitative estimate of drug-likeness (QED) is 0.112. The maximum Gasteiger partial charge on any atom is 0.0725 e. The van der Waals surface area contributed by atoms with Crippen LogP contribution in [0.3, 0.4) is 0 Å². The van der Waals surface area contributed by atoms with Crippen LogP contribution in [0.15, 0.2) is 328 Å². The number of anilines is 3. The monoisotopic (exact) mass is 1200 g/mol. The van der Waals surface area contributed by atoms with Gasteiger partial charge in [-0.2, -0.15) is 0 Å². The van der Waals surface area contributed by atoms with Crippen molar-refractivity contribution in [3.05, 3.63) is 355 Å². The van der Waals surface area contributed by atoms with Crippen molar-refractivity contribution in [1.82, 2.24) is 9.13 Å². The minimum Gasteiger partial charge on any atom is -0.310 e. The van der Waals surface area contributed by atoms with E-state index in [9.17, 15) is 0 Å². The SMILES string of the molecule is CCCC(CC)c1ccc(-c2ccc3c(c2)C2(c4ccccc4-3)c3ccccc3-c3ccc(-c4cccc(-n5c6ccccc6c6cc(-c7ccc(N(c8ccc(-c9ccccc9)cc8)c8ccc9c%10ccccc%10n(-c%10ccccc%10)c9c8)cc7)ccc65)c4)cc32)cc1. The number of hydrogen-bond acceptors (Lipinski definition) is 1. The third kappa shape index (κ3) is 8.72. The van der Waals surface area contributed by atoms with Crippen LogP contribution in [0.2, 0.25) is 0 Å². The number of para-hydroxylation sites is 3. The van der Waals surface area contributed by atoms with E-state index in [0.29, 0.717) is 5.92 Å². The van der Waals surface area contributed by atoms with Crippen LogP contribution in [0.5, 0.6) is 0 Å². The first-order chi connectivity index (χ1) is 46.5. The molecule has 16 aromatic rings. The van der Waals surface area contributed by atoms with E-state index in [1.165, 1.54) is 140 Å². The summed E-state index contributed by atoms with van der Waals surface area (Å²) in [6, 6.07) is 123. The Labute approximate surface area is 549 Å². The molecule has 0 radical (unpaired) electrons. The maximum absolute atomic E-state index is 2.52. The molecule has 446 valence electrons. The first kappa shape index (κ1) is 55.3. The van der Waals surface area contributed by atoms with Gasteiger partial charge in [-0.15, -0.1) is 0 Å². The molecule has 94 heavy (non-hydrogen) atoms. The molecule has 2 atom stereocenters. The first-order valence-corrected chi connectivity index (χ1v) is 33.4. The average Bonchev–Trinajstić information content (AvgIpc) is 1.51. The smallest absolute Gasteiger partial charge is 0.0725 e. The van der Waals surface area contributed by atoms with Crippen LogP contribution in [0.25, 0.3) is 122 Å². The number of aromatic nitrogens is 2. The molecule has 2 aromatic heterocycles. The zero-order valence-electron chi connectivity index (χ0n) is 52.7. The topological polar surface area (TPSA) is 13.1 Å². The summed E-state index contributed by atoms with van der Waals surface area (Å²) < 4.78 is 4.86. The van der Waals surface area contributed by atoms with Gasteiger partial charge in [0.15, 0.2) is 0 Å². The fourth-order valence-corrected chi connectivity index (χ4v) is 16.3. The molecule has 0 bridgehead atoms. The molecule has 2 heterocycles. The molecule has 3 nitrogen and oxygen atoms in total. The lowest BCUT2D eigenvalue weighted by Gasteiger charge is -2.31. The summed E-state index contributed by atoms with van der Waals surface area (Å²) in [4.78, 5) is 2.40. The molecule has 14 aromatic carbocycles. The van der Waals surface area contributed by atoms with E-state index < -0.39 is 5.41 Å². The molecule has 0 amide bonds. The highest BCUT2D eigenvalue weighted by Gasteiger charge is 2.52. The summed E-state index contributed by atoms with van der Waals surface area (Å²) in [7, 11) is 0. The zero-order valence-corrected chi connectivity index (χ0v) is 52.7.